The average Bonchev–Trinajstić information content (AvgIpc) is 2.87. The van der Waals surface area contributed by atoms with Crippen LogP contribution in [0.1, 0.15) is 25.7 Å². The van der Waals surface area contributed by atoms with Crippen LogP contribution in [0.3, 0.4) is 0 Å². The van der Waals surface area contributed by atoms with E-state index in [1.54, 1.807) is 0 Å². The SMILES string of the molecule is C=CN1CC2CCCC2C12CC(N)N(C)C2. The summed E-state index contributed by atoms with van der Waals surface area (Å²) in [6.45, 7) is 6.35. The number of nitrogens with two attached hydrogens (primary N) is 1. The molecule has 2 aliphatic heterocycles. The maximum atomic E-state index is 6.20. The van der Waals surface area contributed by atoms with Crippen LogP contribution in [-0.4, -0.2) is 41.6 Å². The Morgan fingerprint density at radius 1 is 1.44 bits per heavy atom. The van der Waals surface area contributed by atoms with Crippen LogP contribution in [0.2, 0.25) is 0 Å². The van der Waals surface area contributed by atoms with Gasteiger partial charge in [0.05, 0.1) is 11.7 Å². The molecule has 0 radical (unpaired) electrons. The summed E-state index contributed by atoms with van der Waals surface area (Å²) >= 11 is 0. The first kappa shape index (κ1) is 10.6. The van der Waals surface area contributed by atoms with Gasteiger partial charge in [-0.05, 0) is 37.9 Å². The van der Waals surface area contributed by atoms with Crippen LogP contribution in [0.25, 0.3) is 0 Å². The zero-order valence-electron chi connectivity index (χ0n) is 10.2. The van der Waals surface area contributed by atoms with Crippen LogP contribution in [0.5, 0.6) is 0 Å². The zero-order valence-corrected chi connectivity index (χ0v) is 10.2. The average molecular weight is 221 g/mol. The number of likely N-dealkylation sites (tertiary alicyclic amines) is 2. The molecular weight excluding hydrogens is 198 g/mol. The number of nitrogens with zero attached hydrogens (tertiary/aromatic N) is 2. The van der Waals surface area contributed by atoms with E-state index in [2.05, 4.69) is 29.6 Å². The van der Waals surface area contributed by atoms with Crippen molar-refractivity contribution in [3.05, 3.63) is 12.8 Å². The molecule has 3 fully saturated rings. The molecule has 90 valence electrons. The molecule has 0 aromatic rings. The second-order valence-corrected chi connectivity index (χ2v) is 5.92. The smallest absolute Gasteiger partial charge is 0.0593 e. The van der Waals surface area contributed by atoms with Crippen molar-refractivity contribution in [2.45, 2.75) is 37.4 Å². The van der Waals surface area contributed by atoms with Gasteiger partial charge in [0, 0.05) is 19.5 Å². The van der Waals surface area contributed by atoms with Gasteiger partial charge >= 0.3 is 0 Å². The van der Waals surface area contributed by atoms with Gasteiger partial charge in [-0.25, -0.2) is 0 Å². The van der Waals surface area contributed by atoms with E-state index in [1.807, 2.05) is 0 Å². The van der Waals surface area contributed by atoms with Crippen molar-refractivity contribution in [1.82, 2.24) is 9.80 Å². The molecule has 0 amide bonds. The molecule has 4 atom stereocenters. The lowest BCUT2D eigenvalue weighted by atomic mass is 9.80. The molecule has 1 spiro atoms. The van der Waals surface area contributed by atoms with Crippen molar-refractivity contribution in [1.29, 1.82) is 0 Å². The lowest BCUT2D eigenvalue weighted by molar-refractivity contribution is 0.155. The molecule has 3 aliphatic rings. The Labute approximate surface area is 98.3 Å². The summed E-state index contributed by atoms with van der Waals surface area (Å²) in [5.41, 5.74) is 6.51. The molecular formula is C13H23N3. The summed E-state index contributed by atoms with van der Waals surface area (Å²) in [7, 11) is 2.16. The molecule has 1 saturated carbocycles. The molecule has 2 saturated heterocycles. The van der Waals surface area contributed by atoms with Crippen molar-refractivity contribution in [2.75, 3.05) is 20.1 Å². The lowest BCUT2D eigenvalue weighted by Gasteiger charge is -2.38. The predicted octanol–water partition coefficient (Wildman–Crippen LogP) is 1.22. The minimum absolute atomic E-state index is 0.238. The second-order valence-electron chi connectivity index (χ2n) is 5.92. The highest BCUT2D eigenvalue weighted by Crippen LogP contribution is 2.52. The zero-order chi connectivity index (χ0) is 11.3. The highest BCUT2D eigenvalue weighted by molar-refractivity contribution is 5.14. The maximum absolute atomic E-state index is 6.20. The molecule has 4 unspecified atom stereocenters. The standard InChI is InChI=1S/C13H23N3/c1-3-16-8-10-5-4-6-11(10)13(16)7-12(14)15(2)9-13/h3,10-12H,1,4-9,14H2,2H3. The van der Waals surface area contributed by atoms with Crippen LogP contribution in [0.15, 0.2) is 12.8 Å². The van der Waals surface area contributed by atoms with Crippen LogP contribution in [-0.2, 0) is 0 Å². The van der Waals surface area contributed by atoms with Crippen molar-refractivity contribution < 1.29 is 0 Å². The molecule has 2 N–H and O–H groups in total. The highest BCUT2D eigenvalue weighted by atomic mass is 15.3. The molecule has 3 rings (SSSR count). The van der Waals surface area contributed by atoms with Crippen LogP contribution < -0.4 is 5.73 Å². The Balaban J connectivity index is 1.93. The normalized spacial score (nSPS) is 47.9. The van der Waals surface area contributed by atoms with E-state index in [0.717, 1.165) is 24.8 Å². The van der Waals surface area contributed by atoms with E-state index in [9.17, 15) is 0 Å². The third kappa shape index (κ3) is 1.22. The van der Waals surface area contributed by atoms with Gasteiger partial charge in [0.1, 0.15) is 0 Å². The molecule has 1 aliphatic carbocycles. The first-order valence-electron chi connectivity index (χ1n) is 6.52. The summed E-state index contributed by atoms with van der Waals surface area (Å²) in [5, 5.41) is 0. The van der Waals surface area contributed by atoms with Gasteiger partial charge in [0.25, 0.3) is 0 Å². The number of likely N-dealkylation sites (N-methyl/N-ethyl adjacent to an activating group) is 1. The van der Waals surface area contributed by atoms with Gasteiger partial charge in [-0.2, -0.15) is 0 Å². The topological polar surface area (TPSA) is 32.5 Å². The molecule has 0 bridgehead atoms. The van der Waals surface area contributed by atoms with Crippen molar-refractivity contribution >= 4 is 0 Å². The Kier molecular flexibility index (Phi) is 2.30. The largest absolute Gasteiger partial charge is 0.370 e. The van der Waals surface area contributed by atoms with E-state index < -0.39 is 0 Å². The minimum Gasteiger partial charge on any atom is -0.370 e. The molecule has 3 heteroatoms. The Morgan fingerprint density at radius 3 is 2.88 bits per heavy atom. The van der Waals surface area contributed by atoms with Crippen LogP contribution in [0, 0.1) is 11.8 Å². The quantitative estimate of drug-likeness (QED) is 0.722. The summed E-state index contributed by atoms with van der Waals surface area (Å²) in [5.74, 6) is 1.76. The van der Waals surface area contributed by atoms with E-state index in [4.69, 9.17) is 5.73 Å². The number of hydrogen-bond donors (Lipinski definition) is 1. The Morgan fingerprint density at radius 2 is 2.25 bits per heavy atom. The number of hydrogen-bond acceptors (Lipinski definition) is 3. The summed E-state index contributed by atoms with van der Waals surface area (Å²) in [6.07, 6.45) is 7.65. The van der Waals surface area contributed by atoms with Crippen molar-refractivity contribution in [3.63, 3.8) is 0 Å². The first-order valence-corrected chi connectivity index (χ1v) is 6.52. The fourth-order valence-electron chi connectivity index (χ4n) is 4.47. The van der Waals surface area contributed by atoms with Gasteiger partial charge in [-0.15, -0.1) is 0 Å². The van der Waals surface area contributed by atoms with E-state index in [-0.39, 0.29) is 6.17 Å². The third-order valence-corrected chi connectivity index (χ3v) is 5.22. The monoisotopic (exact) mass is 221 g/mol. The fourth-order valence-corrected chi connectivity index (χ4v) is 4.47. The maximum Gasteiger partial charge on any atom is 0.0593 e. The second kappa shape index (κ2) is 3.47. The highest BCUT2D eigenvalue weighted by Gasteiger charge is 2.57. The summed E-state index contributed by atoms with van der Waals surface area (Å²) < 4.78 is 0. The van der Waals surface area contributed by atoms with Crippen LogP contribution in [0.4, 0.5) is 0 Å². The Hall–Kier alpha value is -0.540. The molecule has 0 aromatic heterocycles. The summed E-state index contributed by atoms with van der Waals surface area (Å²) in [6, 6.07) is 0. The van der Waals surface area contributed by atoms with E-state index >= 15 is 0 Å². The third-order valence-electron chi connectivity index (χ3n) is 5.22. The molecule has 16 heavy (non-hydrogen) atoms. The Bertz CT molecular complexity index is 292. The molecule has 3 nitrogen and oxygen atoms in total. The predicted molar refractivity (Wildman–Crippen MR) is 65.7 cm³/mol. The van der Waals surface area contributed by atoms with E-state index in [0.29, 0.717) is 5.54 Å². The number of rotatable bonds is 1. The lowest BCUT2D eigenvalue weighted by Crippen LogP contribution is -2.47. The van der Waals surface area contributed by atoms with Gasteiger partial charge in [-0.1, -0.05) is 13.0 Å². The van der Waals surface area contributed by atoms with Gasteiger partial charge < -0.3 is 10.6 Å². The van der Waals surface area contributed by atoms with E-state index in [1.165, 1.54) is 25.8 Å². The summed E-state index contributed by atoms with van der Waals surface area (Å²) in [4.78, 5) is 4.82. The van der Waals surface area contributed by atoms with Crippen molar-refractivity contribution in [2.24, 2.45) is 17.6 Å². The van der Waals surface area contributed by atoms with Gasteiger partial charge in [0.15, 0.2) is 0 Å². The molecule has 0 aromatic carbocycles. The fraction of sp³-hybridized carbons (Fsp3) is 0.846. The molecule has 2 heterocycles. The minimum atomic E-state index is 0.238. The first-order chi connectivity index (χ1) is 7.67. The van der Waals surface area contributed by atoms with Gasteiger partial charge in [0.2, 0.25) is 0 Å². The van der Waals surface area contributed by atoms with Crippen LogP contribution >= 0.6 is 0 Å². The van der Waals surface area contributed by atoms with Gasteiger partial charge in [-0.3, -0.25) is 4.90 Å². The number of fused-ring (bicyclic) bond motifs is 2. The van der Waals surface area contributed by atoms with Crippen molar-refractivity contribution in [3.8, 4) is 0 Å².